The maximum absolute atomic E-state index is 13.5. The highest BCUT2D eigenvalue weighted by atomic mass is 35.5. The van der Waals surface area contributed by atoms with E-state index in [-0.39, 0.29) is 24.8 Å². The first-order chi connectivity index (χ1) is 16.1. The lowest BCUT2D eigenvalue weighted by molar-refractivity contribution is -0.139. The van der Waals surface area contributed by atoms with Gasteiger partial charge in [0.2, 0.25) is 28.6 Å². The molecule has 2 amide bonds. The predicted octanol–water partition coefficient (Wildman–Crippen LogP) is 3.04. The lowest BCUT2D eigenvalue weighted by Gasteiger charge is -2.31. The van der Waals surface area contributed by atoms with E-state index in [0.717, 1.165) is 4.31 Å². The van der Waals surface area contributed by atoms with Gasteiger partial charge in [-0.25, -0.2) is 8.42 Å². The Hall–Kier alpha value is -2.69. The van der Waals surface area contributed by atoms with Gasteiger partial charge in [0.15, 0.2) is 11.5 Å². The lowest BCUT2D eigenvalue weighted by Crippen LogP contribution is -2.51. The number of fused-ring (bicyclic) bond motifs is 1. The van der Waals surface area contributed by atoms with Crippen molar-refractivity contribution in [2.75, 3.05) is 30.4 Å². The molecule has 34 heavy (non-hydrogen) atoms. The number of ether oxygens (including phenoxy) is 2. The Balaban J connectivity index is 1.96. The van der Waals surface area contributed by atoms with E-state index < -0.39 is 34.4 Å². The molecule has 9 nitrogen and oxygen atoms in total. The number of rotatable bonds is 9. The molecule has 0 aromatic heterocycles. The van der Waals surface area contributed by atoms with Gasteiger partial charge in [-0.2, -0.15) is 0 Å². The zero-order valence-electron chi connectivity index (χ0n) is 18.9. The third-order valence-electron chi connectivity index (χ3n) is 5.39. The molecule has 0 saturated carbocycles. The van der Waals surface area contributed by atoms with Crippen molar-refractivity contribution < 1.29 is 27.5 Å². The number of amides is 2. The van der Waals surface area contributed by atoms with Crippen molar-refractivity contribution in [3.63, 3.8) is 0 Å². The van der Waals surface area contributed by atoms with Gasteiger partial charge in [0, 0.05) is 29.7 Å². The summed E-state index contributed by atoms with van der Waals surface area (Å²) in [7, 11) is -2.40. The maximum atomic E-state index is 13.5. The van der Waals surface area contributed by atoms with Crippen LogP contribution < -0.4 is 19.1 Å². The van der Waals surface area contributed by atoms with Crippen LogP contribution in [0.1, 0.15) is 19.4 Å². The highest BCUT2D eigenvalue weighted by Gasteiger charge is 2.31. The van der Waals surface area contributed by atoms with Crippen LogP contribution in [-0.4, -0.2) is 57.3 Å². The minimum Gasteiger partial charge on any atom is -0.454 e. The minimum absolute atomic E-state index is 0.0232. The highest BCUT2D eigenvalue weighted by Crippen LogP contribution is 2.36. The van der Waals surface area contributed by atoms with Crippen molar-refractivity contribution in [3.05, 3.63) is 52.0 Å². The molecule has 3 rings (SSSR count). The predicted molar refractivity (Wildman–Crippen MR) is 130 cm³/mol. The minimum atomic E-state index is -3.85. The van der Waals surface area contributed by atoms with Crippen molar-refractivity contribution in [3.8, 4) is 11.5 Å². The quantitative estimate of drug-likeness (QED) is 0.535. The number of likely N-dealkylation sites (N-methyl/N-ethyl adjacent to an activating group) is 1. The molecule has 0 spiro atoms. The third kappa shape index (κ3) is 5.68. The fourth-order valence-corrected chi connectivity index (χ4v) is 4.91. The van der Waals surface area contributed by atoms with E-state index in [2.05, 4.69) is 5.32 Å². The van der Waals surface area contributed by atoms with Gasteiger partial charge in [0.25, 0.3) is 0 Å². The van der Waals surface area contributed by atoms with Crippen LogP contribution in [0.15, 0.2) is 36.4 Å². The summed E-state index contributed by atoms with van der Waals surface area (Å²) < 4.78 is 37.5. The van der Waals surface area contributed by atoms with Crippen molar-refractivity contribution in [2.45, 2.75) is 26.4 Å². The zero-order valence-corrected chi connectivity index (χ0v) is 21.2. The van der Waals surface area contributed by atoms with E-state index in [1.165, 1.54) is 37.1 Å². The number of benzene rings is 2. The zero-order chi connectivity index (χ0) is 25.0. The standard InChI is InChI=1S/C22H25Cl2N3O6S/c1-4-34(30,31)27(17-7-8-19-20(10-17)33-13-32-19)12-21(28)26(14(2)22(29)25-3)11-15-5-6-16(23)9-18(15)24/h5-10,14H,4,11-13H2,1-3H3,(H,25,29). The second kappa shape index (κ2) is 10.7. The van der Waals surface area contributed by atoms with Crippen LogP contribution >= 0.6 is 23.2 Å². The molecule has 1 aliphatic rings. The van der Waals surface area contributed by atoms with Crippen LogP contribution in [0.25, 0.3) is 0 Å². The molecule has 0 aliphatic carbocycles. The normalized spacial score (nSPS) is 13.3. The molecule has 0 radical (unpaired) electrons. The molecule has 0 bridgehead atoms. The number of nitrogens with one attached hydrogen (secondary N) is 1. The van der Waals surface area contributed by atoms with E-state index in [9.17, 15) is 18.0 Å². The lowest BCUT2D eigenvalue weighted by atomic mass is 10.1. The fraction of sp³-hybridized carbons (Fsp3) is 0.364. The molecule has 2 aromatic carbocycles. The van der Waals surface area contributed by atoms with E-state index >= 15 is 0 Å². The molecule has 1 heterocycles. The van der Waals surface area contributed by atoms with E-state index in [1.807, 2.05) is 0 Å². The average Bonchev–Trinajstić information content (AvgIpc) is 3.28. The number of halogens is 2. The molecule has 0 fully saturated rings. The number of anilines is 1. The van der Waals surface area contributed by atoms with Gasteiger partial charge < -0.3 is 19.7 Å². The first-order valence-corrected chi connectivity index (χ1v) is 12.8. The van der Waals surface area contributed by atoms with Crippen LogP contribution in [0.2, 0.25) is 10.0 Å². The largest absolute Gasteiger partial charge is 0.454 e. The molecule has 1 unspecified atom stereocenters. The summed E-state index contributed by atoms with van der Waals surface area (Å²) in [5.41, 5.74) is 0.805. The van der Waals surface area contributed by atoms with Gasteiger partial charge in [0.1, 0.15) is 12.6 Å². The summed E-state index contributed by atoms with van der Waals surface area (Å²) in [6.07, 6.45) is 0. The molecule has 0 saturated heterocycles. The summed E-state index contributed by atoms with van der Waals surface area (Å²) >= 11 is 12.3. The van der Waals surface area contributed by atoms with Crippen LogP contribution in [-0.2, 0) is 26.2 Å². The van der Waals surface area contributed by atoms with Crippen molar-refractivity contribution in [1.82, 2.24) is 10.2 Å². The number of carbonyl (C=O) groups excluding carboxylic acids is 2. The Morgan fingerprint density at radius 2 is 1.82 bits per heavy atom. The van der Waals surface area contributed by atoms with Gasteiger partial charge in [-0.15, -0.1) is 0 Å². The van der Waals surface area contributed by atoms with Gasteiger partial charge in [-0.1, -0.05) is 29.3 Å². The second-order valence-corrected chi connectivity index (χ2v) is 10.5. The van der Waals surface area contributed by atoms with Gasteiger partial charge in [-0.05, 0) is 43.7 Å². The maximum Gasteiger partial charge on any atom is 0.244 e. The van der Waals surface area contributed by atoms with Crippen molar-refractivity contribution in [2.24, 2.45) is 0 Å². The van der Waals surface area contributed by atoms with Crippen LogP contribution in [0.4, 0.5) is 5.69 Å². The molecule has 1 N–H and O–H groups in total. The third-order valence-corrected chi connectivity index (χ3v) is 7.72. The number of carbonyl (C=O) groups is 2. The van der Waals surface area contributed by atoms with Gasteiger partial charge in [-0.3, -0.25) is 13.9 Å². The average molecular weight is 530 g/mol. The SMILES string of the molecule is CCS(=O)(=O)N(CC(=O)N(Cc1ccc(Cl)cc1Cl)C(C)C(=O)NC)c1ccc2c(c1)OCO2. The molecule has 1 atom stereocenters. The molecule has 184 valence electrons. The Labute approximate surface area is 208 Å². The molecular formula is C22H25Cl2N3O6S. The summed E-state index contributed by atoms with van der Waals surface area (Å²) in [6.45, 7) is 2.52. The first kappa shape index (κ1) is 25.9. The topological polar surface area (TPSA) is 105 Å². The summed E-state index contributed by atoms with van der Waals surface area (Å²) in [5, 5.41) is 3.26. The Kier molecular flexibility index (Phi) is 8.17. The van der Waals surface area contributed by atoms with Gasteiger partial charge in [0.05, 0.1) is 11.4 Å². The van der Waals surface area contributed by atoms with Crippen LogP contribution in [0.3, 0.4) is 0 Å². The van der Waals surface area contributed by atoms with E-state index in [0.29, 0.717) is 27.1 Å². The summed E-state index contributed by atoms with van der Waals surface area (Å²) in [6, 6.07) is 8.54. The van der Waals surface area contributed by atoms with E-state index in [1.54, 1.807) is 25.1 Å². The first-order valence-electron chi connectivity index (χ1n) is 10.4. The number of sulfonamides is 1. The number of hydrogen-bond donors (Lipinski definition) is 1. The molecular weight excluding hydrogens is 505 g/mol. The van der Waals surface area contributed by atoms with E-state index in [4.69, 9.17) is 32.7 Å². The monoisotopic (exact) mass is 529 g/mol. The molecule has 2 aromatic rings. The number of hydrogen-bond acceptors (Lipinski definition) is 6. The molecule has 12 heteroatoms. The van der Waals surface area contributed by atoms with Crippen LogP contribution in [0, 0.1) is 0 Å². The van der Waals surface area contributed by atoms with Crippen molar-refractivity contribution in [1.29, 1.82) is 0 Å². The smallest absolute Gasteiger partial charge is 0.244 e. The summed E-state index contributed by atoms with van der Waals surface area (Å²) in [4.78, 5) is 27.2. The Bertz CT molecular complexity index is 1190. The van der Waals surface area contributed by atoms with Crippen LogP contribution in [0.5, 0.6) is 11.5 Å². The molecule has 1 aliphatic heterocycles. The summed E-state index contributed by atoms with van der Waals surface area (Å²) in [5.74, 6) is -0.368. The Morgan fingerprint density at radius 1 is 1.12 bits per heavy atom. The Morgan fingerprint density at radius 3 is 2.47 bits per heavy atom. The highest BCUT2D eigenvalue weighted by molar-refractivity contribution is 7.92. The second-order valence-electron chi connectivity index (χ2n) is 7.49. The number of nitrogens with zero attached hydrogens (tertiary/aromatic N) is 2. The van der Waals surface area contributed by atoms with Gasteiger partial charge >= 0.3 is 0 Å². The van der Waals surface area contributed by atoms with Crippen molar-refractivity contribution >= 4 is 50.7 Å². The fourth-order valence-electron chi connectivity index (χ4n) is 3.39.